The van der Waals surface area contributed by atoms with Crippen molar-refractivity contribution in [2.45, 2.75) is 13.0 Å². The van der Waals surface area contributed by atoms with E-state index < -0.39 is 0 Å². The van der Waals surface area contributed by atoms with Crippen LogP contribution in [0.1, 0.15) is 17.5 Å². The van der Waals surface area contributed by atoms with E-state index in [0.717, 1.165) is 0 Å². The first-order valence-corrected chi connectivity index (χ1v) is 10.1. The Balaban J connectivity index is 1.54. The number of aryl methyl sites for hydroxylation is 1. The molecule has 2 aliphatic rings. The van der Waals surface area contributed by atoms with E-state index in [-0.39, 0.29) is 29.7 Å². The third-order valence-corrected chi connectivity index (χ3v) is 5.46. The van der Waals surface area contributed by atoms with Crippen molar-refractivity contribution in [3.8, 4) is 0 Å². The second kappa shape index (κ2) is 8.74. The maximum Gasteiger partial charge on any atom is 0.312 e. The minimum Gasteiger partial charge on any atom is -0.466 e. The van der Waals surface area contributed by atoms with Crippen LogP contribution in [0.4, 0.5) is 5.95 Å². The number of esters is 1. The third kappa shape index (κ3) is 4.25. The maximum absolute atomic E-state index is 12.8. The summed E-state index contributed by atoms with van der Waals surface area (Å²) in [6, 6.07) is 1.80. The van der Waals surface area contributed by atoms with Crippen molar-refractivity contribution in [3.63, 3.8) is 0 Å². The minimum absolute atomic E-state index is 0.0367. The summed E-state index contributed by atoms with van der Waals surface area (Å²) < 4.78 is 6.83. The van der Waals surface area contributed by atoms with Crippen molar-refractivity contribution < 1.29 is 14.3 Å². The van der Waals surface area contributed by atoms with Crippen LogP contribution in [0.2, 0.25) is 0 Å². The van der Waals surface area contributed by atoms with E-state index in [1.54, 1.807) is 30.4 Å². The van der Waals surface area contributed by atoms with E-state index in [2.05, 4.69) is 25.0 Å². The number of ether oxygens (including phenoxy) is 1. The Hall–Kier alpha value is -3.08. The first-order valence-electron chi connectivity index (χ1n) is 10.1. The molecule has 30 heavy (non-hydrogen) atoms. The van der Waals surface area contributed by atoms with Crippen LogP contribution in [-0.2, 0) is 16.6 Å². The molecule has 2 aromatic rings. The van der Waals surface area contributed by atoms with E-state index in [1.165, 1.54) is 11.0 Å². The van der Waals surface area contributed by atoms with Gasteiger partial charge in [-0.3, -0.25) is 19.2 Å². The van der Waals surface area contributed by atoms with Crippen LogP contribution in [-0.4, -0.2) is 98.3 Å². The van der Waals surface area contributed by atoms with Gasteiger partial charge in [0, 0.05) is 64.8 Å². The molecule has 1 amide bonds. The molecule has 0 N–H and O–H groups in total. The molecule has 2 saturated heterocycles. The van der Waals surface area contributed by atoms with Gasteiger partial charge >= 0.3 is 5.97 Å². The highest BCUT2D eigenvalue weighted by Crippen LogP contribution is 2.22. The Kier molecular flexibility index (Phi) is 5.88. The third-order valence-electron chi connectivity index (χ3n) is 5.46. The van der Waals surface area contributed by atoms with Crippen molar-refractivity contribution in [1.29, 1.82) is 0 Å². The molecule has 2 fully saturated rings. The fourth-order valence-electron chi connectivity index (χ4n) is 4.03. The van der Waals surface area contributed by atoms with E-state index >= 15 is 0 Å². The van der Waals surface area contributed by atoms with Crippen molar-refractivity contribution in [3.05, 3.63) is 30.6 Å². The Morgan fingerprint density at radius 1 is 1.10 bits per heavy atom. The molecule has 0 aliphatic carbocycles. The molecule has 0 unspecified atom stereocenters. The Labute approximate surface area is 174 Å². The summed E-state index contributed by atoms with van der Waals surface area (Å²) >= 11 is 0. The quantitative estimate of drug-likeness (QED) is 0.608. The van der Waals surface area contributed by atoms with Gasteiger partial charge in [-0.1, -0.05) is 0 Å². The van der Waals surface area contributed by atoms with E-state index in [0.29, 0.717) is 51.8 Å². The lowest BCUT2D eigenvalue weighted by Crippen LogP contribution is -2.57. The fraction of sp³-hybridized carbons (Fsp3) is 0.579. The molecule has 0 aromatic carbocycles. The summed E-state index contributed by atoms with van der Waals surface area (Å²) in [7, 11) is 1.74. The highest BCUT2D eigenvalue weighted by Gasteiger charge is 2.39. The minimum atomic E-state index is -0.307. The molecule has 11 nitrogen and oxygen atoms in total. The summed E-state index contributed by atoms with van der Waals surface area (Å²) in [6.07, 6.45) is 4.90. The van der Waals surface area contributed by atoms with Crippen molar-refractivity contribution in [2.24, 2.45) is 13.0 Å². The van der Waals surface area contributed by atoms with Crippen molar-refractivity contribution in [2.75, 3.05) is 50.8 Å². The molecule has 4 rings (SSSR count). The second-order valence-electron chi connectivity index (χ2n) is 7.54. The number of hydrogen-bond donors (Lipinski definition) is 0. The molecular formula is C19H26N8O3. The maximum atomic E-state index is 12.8. The number of fused-ring (bicyclic) bond motifs is 1. The van der Waals surface area contributed by atoms with E-state index in [4.69, 9.17) is 4.74 Å². The second-order valence-corrected chi connectivity index (χ2v) is 7.54. The van der Waals surface area contributed by atoms with Gasteiger partial charge in [-0.2, -0.15) is 0 Å². The van der Waals surface area contributed by atoms with E-state index in [1.807, 2.05) is 11.8 Å². The molecule has 0 saturated carbocycles. The number of amides is 1. The molecule has 11 heteroatoms. The zero-order valence-corrected chi connectivity index (χ0v) is 17.2. The lowest BCUT2D eigenvalue weighted by Gasteiger charge is -2.41. The van der Waals surface area contributed by atoms with Gasteiger partial charge in [0.2, 0.25) is 11.8 Å². The Morgan fingerprint density at radius 2 is 1.90 bits per heavy atom. The first-order chi connectivity index (χ1) is 14.5. The van der Waals surface area contributed by atoms with Gasteiger partial charge in [-0.25, -0.2) is 15.0 Å². The molecule has 2 aliphatic heterocycles. The number of hydrogen-bond acceptors (Lipinski definition) is 9. The fourth-order valence-corrected chi connectivity index (χ4v) is 4.03. The number of piperazine rings is 1. The Morgan fingerprint density at radius 3 is 2.60 bits per heavy atom. The molecule has 0 radical (unpaired) electrons. The van der Waals surface area contributed by atoms with Gasteiger partial charge in [-0.05, 0) is 13.0 Å². The number of aromatic nitrogens is 5. The predicted octanol–water partition coefficient (Wildman–Crippen LogP) is -0.569. The summed E-state index contributed by atoms with van der Waals surface area (Å²) in [5, 5.41) is 4.14. The van der Waals surface area contributed by atoms with Gasteiger partial charge < -0.3 is 14.5 Å². The molecular weight excluding hydrogens is 388 g/mol. The lowest BCUT2D eigenvalue weighted by molar-refractivity contribution is -0.148. The van der Waals surface area contributed by atoms with Crippen molar-refractivity contribution >= 4 is 17.8 Å². The smallest absolute Gasteiger partial charge is 0.312 e. The van der Waals surface area contributed by atoms with Crippen molar-refractivity contribution in [1.82, 2.24) is 34.5 Å². The normalized spacial score (nSPS) is 22.3. The molecule has 2 aromatic heterocycles. The summed E-state index contributed by atoms with van der Waals surface area (Å²) in [5.41, 5.74) is 0. The highest BCUT2D eigenvalue weighted by molar-refractivity contribution is 5.90. The number of nitrogens with zero attached hydrogens (tertiary/aromatic N) is 8. The average molecular weight is 414 g/mol. The van der Waals surface area contributed by atoms with Crippen LogP contribution in [0.3, 0.4) is 0 Å². The molecule has 2 atom stereocenters. The van der Waals surface area contributed by atoms with Gasteiger partial charge in [0.1, 0.15) is 6.33 Å². The van der Waals surface area contributed by atoms with Crippen LogP contribution in [0.5, 0.6) is 0 Å². The zero-order valence-electron chi connectivity index (χ0n) is 17.2. The topological polar surface area (TPSA) is 110 Å². The van der Waals surface area contributed by atoms with Crippen LogP contribution in [0.25, 0.3) is 0 Å². The molecule has 160 valence electrons. The standard InChI is InChI=1S/C19H26N8O3/c1-3-30-18(29)14-9-25-7-8-26(17(28)16-22-13-24(2)23-16)11-15(25)12-27(10-14)19-20-5-4-6-21-19/h4-6,13-15H,3,7-12H2,1-2H3/t14-,15+/m0/s1. The summed E-state index contributed by atoms with van der Waals surface area (Å²) in [6.45, 7) is 5.58. The summed E-state index contributed by atoms with van der Waals surface area (Å²) in [5.74, 6) is 0.0772. The van der Waals surface area contributed by atoms with Gasteiger partial charge in [0.15, 0.2) is 0 Å². The largest absolute Gasteiger partial charge is 0.466 e. The van der Waals surface area contributed by atoms with Crippen LogP contribution >= 0.6 is 0 Å². The first kappa shape index (κ1) is 20.2. The highest BCUT2D eigenvalue weighted by atomic mass is 16.5. The van der Waals surface area contributed by atoms with Gasteiger partial charge in [0.05, 0.1) is 12.5 Å². The molecule has 0 spiro atoms. The molecule has 4 heterocycles. The zero-order chi connectivity index (χ0) is 21.1. The van der Waals surface area contributed by atoms with Gasteiger partial charge in [0.25, 0.3) is 5.91 Å². The van der Waals surface area contributed by atoms with Crippen LogP contribution in [0.15, 0.2) is 24.8 Å². The predicted molar refractivity (Wildman–Crippen MR) is 107 cm³/mol. The van der Waals surface area contributed by atoms with Crippen LogP contribution < -0.4 is 4.90 Å². The summed E-state index contributed by atoms with van der Waals surface area (Å²) in [4.78, 5) is 44.3. The monoisotopic (exact) mass is 414 g/mol. The van der Waals surface area contributed by atoms with Gasteiger partial charge in [-0.15, -0.1) is 5.10 Å². The molecule has 0 bridgehead atoms. The van der Waals surface area contributed by atoms with Crippen LogP contribution in [0, 0.1) is 5.92 Å². The SMILES string of the molecule is CCOC(=O)[C@@H]1CN(c2ncccn2)C[C@H]2CN(C(=O)c3ncn(C)n3)CCN2C1. The number of anilines is 1. The Bertz CT molecular complexity index is 889. The number of rotatable bonds is 4. The van der Waals surface area contributed by atoms with E-state index in [9.17, 15) is 9.59 Å². The number of carbonyl (C=O) groups is 2. The lowest BCUT2D eigenvalue weighted by atomic mass is 10.1. The number of carbonyl (C=O) groups excluding carboxylic acids is 2. The average Bonchev–Trinajstić information content (AvgIpc) is 3.10.